The van der Waals surface area contributed by atoms with Gasteiger partial charge in [0, 0.05) is 42.2 Å². The Balaban J connectivity index is 1.71. The fraction of sp³-hybridized carbons (Fsp3) is 0.231. The Hall–Kier alpha value is -3.65. The minimum Gasteiger partial charge on any atom is -0.398 e. The molecule has 0 radical (unpaired) electrons. The zero-order valence-corrected chi connectivity index (χ0v) is 19.0. The molecule has 0 saturated carbocycles. The van der Waals surface area contributed by atoms with Gasteiger partial charge in [0.05, 0.1) is 17.7 Å². The van der Waals surface area contributed by atoms with Gasteiger partial charge in [0.15, 0.2) is 0 Å². The summed E-state index contributed by atoms with van der Waals surface area (Å²) in [6.07, 6.45) is 1.47. The summed E-state index contributed by atoms with van der Waals surface area (Å²) in [5, 5.41) is 10.4. The van der Waals surface area contributed by atoms with Crippen LogP contribution in [-0.4, -0.2) is 29.2 Å². The fourth-order valence-electron chi connectivity index (χ4n) is 4.29. The van der Waals surface area contributed by atoms with Crippen molar-refractivity contribution in [1.82, 2.24) is 4.90 Å². The predicted octanol–water partition coefficient (Wildman–Crippen LogP) is 4.79. The van der Waals surface area contributed by atoms with Gasteiger partial charge in [0.2, 0.25) is 0 Å². The van der Waals surface area contributed by atoms with Crippen LogP contribution in [0.25, 0.3) is 11.1 Å². The number of nitrogens with two attached hydrogens (primary N) is 1. The van der Waals surface area contributed by atoms with Gasteiger partial charge in [0.1, 0.15) is 17.5 Å². The Morgan fingerprint density at radius 1 is 1.12 bits per heavy atom. The summed E-state index contributed by atoms with van der Waals surface area (Å²) >= 11 is 0. The first-order chi connectivity index (χ1) is 16.0. The SMILES string of the molecule is CN=Cc1c(-c2cc(F)c(CN3Cc4cccc(F)c4C3=O)c(F)c2)ccc(C(C)(C)O)c1N. The molecule has 5 nitrogen and oxygen atoms in total. The molecular weight excluding hydrogens is 443 g/mol. The summed E-state index contributed by atoms with van der Waals surface area (Å²) in [5.41, 5.74) is 6.97. The van der Waals surface area contributed by atoms with Gasteiger partial charge in [0.25, 0.3) is 5.91 Å². The average molecular weight is 467 g/mol. The second-order valence-electron chi connectivity index (χ2n) is 8.79. The van der Waals surface area contributed by atoms with Crippen molar-refractivity contribution in [1.29, 1.82) is 0 Å². The van der Waals surface area contributed by atoms with Gasteiger partial charge in [-0.05, 0) is 48.7 Å². The van der Waals surface area contributed by atoms with E-state index in [2.05, 4.69) is 4.99 Å². The van der Waals surface area contributed by atoms with E-state index in [0.717, 1.165) is 12.1 Å². The van der Waals surface area contributed by atoms with Gasteiger partial charge in [-0.3, -0.25) is 9.79 Å². The Morgan fingerprint density at radius 3 is 2.38 bits per heavy atom. The third-order valence-electron chi connectivity index (χ3n) is 5.97. The number of amides is 1. The molecule has 0 bridgehead atoms. The molecule has 1 aliphatic heterocycles. The average Bonchev–Trinajstić information content (AvgIpc) is 3.07. The van der Waals surface area contributed by atoms with Crippen LogP contribution < -0.4 is 5.73 Å². The van der Waals surface area contributed by atoms with E-state index in [9.17, 15) is 14.3 Å². The molecule has 0 spiro atoms. The van der Waals surface area contributed by atoms with Gasteiger partial charge >= 0.3 is 0 Å². The van der Waals surface area contributed by atoms with E-state index in [1.54, 1.807) is 32.0 Å². The van der Waals surface area contributed by atoms with Crippen LogP contribution in [0.2, 0.25) is 0 Å². The van der Waals surface area contributed by atoms with Crippen molar-refractivity contribution < 1.29 is 23.1 Å². The maximum absolute atomic E-state index is 15.1. The maximum Gasteiger partial charge on any atom is 0.257 e. The number of anilines is 1. The van der Waals surface area contributed by atoms with Gasteiger partial charge in [-0.1, -0.05) is 24.3 Å². The Kier molecular flexibility index (Phi) is 5.95. The number of carbonyl (C=O) groups excluding carboxylic acids is 1. The number of benzene rings is 3. The highest BCUT2D eigenvalue weighted by Crippen LogP contribution is 2.36. The van der Waals surface area contributed by atoms with Gasteiger partial charge < -0.3 is 15.7 Å². The van der Waals surface area contributed by atoms with Crippen LogP contribution in [0.15, 0.2) is 47.5 Å². The van der Waals surface area contributed by atoms with Crippen LogP contribution in [0.3, 0.4) is 0 Å². The lowest BCUT2D eigenvalue weighted by Gasteiger charge is -2.23. The standard InChI is InChI=1S/C26H24F3N3O2/c1-26(2,34)19-8-7-16(17(11-31-3)24(19)30)15-9-21(28)18(22(29)10-15)13-32-12-14-5-4-6-20(27)23(14)25(32)33/h4-11,34H,12-13,30H2,1-3H3. The molecule has 1 amide bonds. The molecule has 176 valence electrons. The minimum atomic E-state index is -1.22. The molecule has 8 heteroatoms. The van der Waals surface area contributed by atoms with Crippen LogP contribution in [0.1, 0.15) is 46.5 Å². The second-order valence-corrected chi connectivity index (χ2v) is 8.79. The number of nitrogen functional groups attached to an aromatic ring is 1. The normalized spacial score (nSPS) is 13.7. The number of aliphatic hydroxyl groups is 1. The summed E-state index contributed by atoms with van der Waals surface area (Å²) in [6.45, 7) is 2.90. The summed E-state index contributed by atoms with van der Waals surface area (Å²) in [4.78, 5) is 17.8. The van der Waals surface area contributed by atoms with E-state index in [-0.39, 0.29) is 35.5 Å². The quantitative estimate of drug-likeness (QED) is 0.419. The summed E-state index contributed by atoms with van der Waals surface area (Å²) in [5.74, 6) is -2.95. The number of rotatable bonds is 5. The summed E-state index contributed by atoms with van der Waals surface area (Å²) in [6, 6.07) is 9.85. The molecule has 0 aliphatic carbocycles. The zero-order chi connectivity index (χ0) is 24.8. The second kappa shape index (κ2) is 8.61. The third kappa shape index (κ3) is 4.05. The van der Waals surface area contributed by atoms with Crippen LogP contribution in [-0.2, 0) is 18.7 Å². The summed E-state index contributed by atoms with van der Waals surface area (Å²) in [7, 11) is 1.54. The first-order valence-corrected chi connectivity index (χ1v) is 10.7. The highest BCUT2D eigenvalue weighted by Gasteiger charge is 2.31. The molecule has 3 N–H and O–H groups in total. The Morgan fingerprint density at radius 2 is 1.79 bits per heavy atom. The molecule has 1 aliphatic rings. The highest BCUT2D eigenvalue weighted by atomic mass is 19.1. The topological polar surface area (TPSA) is 78.9 Å². The molecule has 4 rings (SSSR count). The molecule has 0 unspecified atom stereocenters. The molecular formula is C26H24F3N3O2. The van der Waals surface area contributed by atoms with E-state index >= 15 is 8.78 Å². The number of nitrogens with zero attached hydrogens (tertiary/aromatic N) is 2. The Labute approximate surface area is 195 Å². The number of aliphatic imine (C=N–C) groups is 1. The number of halogens is 3. The van der Waals surface area contributed by atoms with Crippen molar-refractivity contribution >= 4 is 17.8 Å². The van der Waals surface area contributed by atoms with E-state index in [4.69, 9.17) is 5.73 Å². The minimum absolute atomic E-state index is 0.0641. The van der Waals surface area contributed by atoms with E-state index in [1.165, 1.54) is 30.3 Å². The molecule has 1 heterocycles. The number of hydrogen-bond acceptors (Lipinski definition) is 4. The van der Waals surface area contributed by atoms with Crippen molar-refractivity contribution in [2.75, 3.05) is 12.8 Å². The zero-order valence-electron chi connectivity index (χ0n) is 19.0. The number of hydrogen-bond donors (Lipinski definition) is 2. The van der Waals surface area contributed by atoms with Crippen LogP contribution in [0.5, 0.6) is 0 Å². The first-order valence-electron chi connectivity index (χ1n) is 10.7. The summed E-state index contributed by atoms with van der Waals surface area (Å²) < 4.78 is 44.3. The smallest absolute Gasteiger partial charge is 0.257 e. The fourth-order valence-corrected chi connectivity index (χ4v) is 4.29. The lowest BCUT2D eigenvalue weighted by atomic mass is 9.89. The lowest BCUT2D eigenvalue weighted by molar-refractivity contribution is 0.0759. The van der Waals surface area contributed by atoms with Gasteiger partial charge in [-0.25, -0.2) is 13.2 Å². The predicted molar refractivity (Wildman–Crippen MR) is 125 cm³/mol. The molecule has 34 heavy (non-hydrogen) atoms. The van der Waals surface area contributed by atoms with E-state index in [0.29, 0.717) is 22.3 Å². The van der Waals surface area contributed by atoms with Crippen LogP contribution in [0.4, 0.5) is 18.9 Å². The maximum atomic E-state index is 15.1. The number of fused-ring (bicyclic) bond motifs is 1. The van der Waals surface area contributed by atoms with E-state index in [1.807, 2.05) is 0 Å². The van der Waals surface area contributed by atoms with E-state index < -0.39 is 29.0 Å². The molecule has 0 aromatic heterocycles. The van der Waals surface area contributed by atoms with Gasteiger partial charge in [-0.2, -0.15) is 0 Å². The first kappa shape index (κ1) is 23.5. The highest BCUT2D eigenvalue weighted by molar-refractivity contribution is 5.99. The van der Waals surface area contributed by atoms with Crippen molar-refractivity contribution in [2.24, 2.45) is 4.99 Å². The molecule has 0 saturated heterocycles. The molecule has 0 atom stereocenters. The van der Waals surface area contributed by atoms with Crippen molar-refractivity contribution in [3.63, 3.8) is 0 Å². The number of carbonyl (C=O) groups is 1. The van der Waals surface area contributed by atoms with Crippen molar-refractivity contribution in [2.45, 2.75) is 32.5 Å². The van der Waals surface area contributed by atoms with Crippen molar-refractivity contribution in [3.05, 3.63) is 87.7 Å². The lowest BCUT2D eigenvalue weighted by Crippen LogP contribution is -2.25. The molecule has 0 fully saturated rings. The molecule has 3 aromatic carbocycles. The van der Waals surface area contributed by atoms with Crippen LogP contribution in [0, 0.1) is 17.5 Å². The van der Waals surface area contributed by atoms with Crippen molar-refractivity contribution in [3.8, 4) is 11.1 Å². The van der Waals surface area contributed by atoms with Crippen LogP contribution >= 0.6 is 0 Å². The third-order valence-corrected chi connectivity index (χ3v) is 5.97. The monoisotopic (exact) mass is 467 g/mol. The largest absolute Gasteiger partial charge is 0.398 e. The van der Waals surface area contributed by atoms with Gasteiger partial charge in [-0.15, -0.1) is 0 Å². The molecule has 3 aromatic rings. The Bertz CT molecular complexity index is 1310.